The van der Waals surface area contributed by atoms with Crippen LogP contribution in [0.5, 0.6) is 0 Å². The predicted molar refractivity (Wildman–Crippen MR) is 60.3 cm³/mol. The van der Waals surface area contributed by atoms with Gasteiger partial charge >= 0.3 is 0 Å². The van der Waals surface area contributed by atoms with Crippen molar-refractivity contribution in [1.82, 2.24) is 0 Å². The van der Waals surface area contributed by atoms with Gasteiger partial charge in [0.2, 0.25) is 0 Å². The van der Waals surface area contributed by atoms with E-state index in [2.05, 4.69) is 27.7 Å². The summed E-state index contributed by atoms with van der Waals surface area (Å²) in [5, 5.41) is 0. The minimum atomic E-state index is -0.0374. The Labute approximate surface area is 88.2 Å². The number of rotatable bonds is 3. The van der Waals surface area contributed by atoms with Crippen LogP contribution in [-0.2, 0) is 4.74 Å². The van der Waals surface area contributed by atoms with E-state index in [-0.39, 0.29) is 11.6 Å². The zero-order valence-electron chi connectivity index (χ0n) is 10.1. The maximum absolute atomic E-state index is 6.05. The zero-order chi connectivity index (χ0) is 10.8. The molecule has 1 fully saturated rings. The Morgan fingerprint density at radius 1 is 1.21 bits per heavy atom. The topological polar surface area (TPSA) is 35.2 Å². The molecule has 0 unspecified atom stereocenters. The molecule has 0 aromatic heterocycles. The first kappa shape index (κ1) is 12.0. The van der Waals surface area contributed by atoms with Crippen LogP contribution in [0, 0.1) is 5.41 Å². The number of hydrogen-bond acceptors (Lipinski definition) is 2. The van der Waals surface area contributed by atoms with Gasteiger partial charge < -0.3 is 10.5 Å². The van der Waals surface area contributed by atoms with Crippen LogP contribution >= 0.6 is 0 Å². The molecule has 0 amide bonds. The fraction of sp³-hybridized carbons (Fsp3) is 1.00. The third-order valence-corrected chi connectivity index (χ3v) is 3.71. The highest BCUT2D eigenvalue weighted by Gasteiger charge is 2.41. The van der Waals surface area contributed by atoms with Crippen molar-refractivity contribution in [2.75, 3.05) is 6.61 Å². The molecule has 14 heavy (non-hydrogen) atoms. The van der Waals surface area contributed by atoms with Crippen molar-refractivity contribution in [2.24, 2.45) is 11.1 Å². The highest BCUT2D eigenvalue weighted by molar-refractivity contribution is 4.95. The van der Waals surface area contributed by atoms with E-state index in [1.165, 1.54) is 12.8 Å². The zero-order valence-corrected chi connectivity index (χ0v) is 10.1. The van der Waals surface area contributed by atoms with Crippen LogP contribution in [0.25, 0.3) is 0 Å². The molecule has 1 atom stereocenters. The summed E-state index contributed by atoms with van der Waals surface area (Å²) in [5.74, 6) is 0. The average Bonchev–Trinajstić information content (AvgIpc) is 2.09. The fourth-order valence-corrected chi connectivity index (χ4v) is 2.37. The Bertz CT molecular complexity index is 177. The third-order valence-electron chi connectivity index (χ3n) is 3.71. The second-order valence-electron chi connectivity index (χ2n) is 5.45. The fourth-order valence-electron chi connectivity index (χ4n) is 2.37. The lowest BCUT2D eigenvalue weighted by Gasteiger charge is -2.45. The number of hydrogen-bond donors (Lipinski definition) is 1. The molecule has 0 bridgehead atoms. The quantitative estimate of drug-likeness (QED) is 0.758. The van der Waals surface area contributed by atoms with Crippen molar-refractivity contribution < 1.29 is 4.74 Å². The van der Waals surface area contributed by atoms with Gasteiger partial charge in [-0.3, -0.25) is 0 Å². The molecule has 0 radical (unpaired) electrons. The molecule has 2 N–H and O–H groups in total. The summed E-state index contributed by atoms with van der Waals surface area (Å²) in [4.78, 5) is 0. The number of ether oxygens (including phenoxy) is 1. The Hall–Kier alpha value is -0.0800. The van der Waals surface area contributed by atoms with Gasteiger partial charge in [0, 0.05) is 12.6 Å². The maximum atomic E-state index is 6.05. The minimum Gasteiger partial charge on any atom is -0.374 e. The molecule has 1 aliphatic rings. The largest absolute Gasteiger partial charge is 0.374 e. The van der Waals surface area contributed by atoms with E-state index >= 15 is 0 Å². The van der Waals surface area contributed by atoms with Gasteiger partial charge in [-0.25, -0.2) is 0 Å². The van der Waals surface area contributed by atoms with Gasteiger partial charge in [0.05, 0.1) is 5.60 Å². The van der Waals surface area contributed by atoms with E-state index in [4.69, 9.17) is 10.5 Å². The first-order valence-corrected chi connectivity index (χ1v) is 5.81. The standard InChI is InChI=1S/C12H25NO/c1-5-14-12(10(2)13)8-6-11(3,4)7-9-12/h10H,5-9,13H2,1-4H3/t10-/m1/s1. The Kier molecular flexibility index (Phi) is 3.59. The van der Waals surface area contributed by atoms with Crippen molar-refractivity contribution in [3.63, 3.8) is 0 Å². The number of nitrogens with two attached hydrogens (primary N) is 1. The van der Waals surface area contributed by atoms with Crippen LogP contribution in [0.4, 0.5) is 0 Å². The molecular weight excluding hydrogens is 174 g/mol. The summed E-state index contributed by atoms with van der Waals surface area (Å²) in [6.45, 7) is 9.59. The average molecular weight is 199 g/mol. The third kappa shape index (κ3) is 2.48. The highest BCUT2D eigenvalue weighted by atomic mass is 16.5. The first-order chi connectivity index (χ1) is 6.42. The van der Waals surface area contributed by atoms with Gasteiger partial charge in [-0.05, 0) is 44.9 Å². The minimum absolute atomic E-state index is 0.0374. The van der Waals surface area contributed by atoms with E-state index in [0.717, 1.165) is 19.4 Å². The molecule has 0 spiro atoms. The first-order valence-electron chi connectivity index (χ1n) is 5.81. The summed E-state index contributed by atoms with van der Waals surface area (Å²) >= 11 is 0. The molecule has 1 aliphatic carbocycles. The Morgan fingerprint density at radius 2 is 1.71 bits per heavy atom. The van der Waals surface area contributed by atoms with Crippen LogP contribution in [-0.4, -0.2) is 18.2 Å². The highest BCUT2D eigenvalue weighted by Crippen LogP contribution is 2.43. The summed E-state index contributed by atoms with van der Waals surface area (Å²) in [6, 6.07) is 0.151. The molecule has 2 nitrogen and oxygen atoms in total. The van der Waals surface area contributed by atoms with Gasteiger partial charge in [0.25, 0.3) is 0 Å². The second kappa shape index (κ2) is 4.19. The van der Waals surface area contributed by atoms with Crippen molar-refractivity contribution >= 4 is 0 Å². The molecule has 1 saturated carbocycles. The lowest BCUT2D eigenvalue weighted by atomic mass is 9.69. The molecule has 0 saturated heterocycles. The van der Waals surface area contributed by atoms with E-state index in [1.807, 2.05) is 0 Å². The summed E-state index contributed by atoms with van der Waals surface area (Å²) in [6.07, 6.45) is 4.69. The normalized spacial score (nSPS) is 27.2. The van der Waals surface area contributed by atoms with E-state index in [1.54, 1.807) is 0 Å². The summed E-state index contributed by atoms with van der Waals surface area (Å²) < 4.78 is 5.90. The van der Waals surface area contributed by atoms with Crippen molar-refractivity contribution in [3.05, 3.63) is 0 Å². The summed E-state index contributed by atoms with van der Waals surface area (Å²) in [5.41, 5.74) is 6.50. The van der Waals surface area contributed by atoms with Crippen LogP contribution in [0.2, 0.25) is 0 Å². The maximum Gasteiger partial charge on any atom is 0.0830 e. The van der Waals surface area contributed by atoms with Gasteiger partial charge in [-0.1, -0.05) is 13.8 Å². The van der Waals surface area contributed by atoms with Crippen molar-refractivity contribution in [3.8, 4) is 0 Å². The SMILES string of the molecule is CCOC1([C@@H](C)N)CCC(C)(C)CC1. The molecule has 0 aromatic carbocycles. The molecule has 84 valence electrons. The van der Waals surface area contributed by atoms with Crippen LogP contribution in [0.15, 0.2) is 0 Å². The van der Waals surface area contributed by atoms with E-state index in [9.17, 15) is 0 Å². The lowest BCUT2D eigenvalue weighted by molar-refractivity contribution is -0.0955. The monoisotopic (exact) mass is 199 g/mol. The Morgan fingerprint density at radius 3 is 2.07 bits per heavy atom. The predicted octanol–water partition coefficient (Wildman–Crippen LogP) is 2.71. The van der Waals surface area contributed by atoms with Gasteiger partial charge in [-0.15, -0.1) is 0 Å². The van der Waals surface area contributed by atoms with Crippen LogP contribution in [0.3, 0.4) is 0 Å². The Balaban J connectivity index is 2.64. The van der Waals surface area contributed by atoms with Crippen molar-refractivity contribution in [2.45, 2.75) is 65.0 Å². The van der Waals surface area contributed by atoms with Gasteiger partial charge in [-0.2, -0.15) is 0 Å². The van der Waals surface area contributed by atoms with E-state index < -0.39 is 0 Å². The molecule has 0 aliphatic heterocycles. The molecule has 1 rings (SSSR count). The second-order valence-corrected chi connectivity index (χ2v) is 5.45. The molecular formula is C12H25NO. The van der Waals surface area contributed by atoms with Crippen molar-refractivity contribution in [1.29, 1.82) is 0 Å². The van der Waals surface area contributed by atoms with Gasteiger partial charge in [0.1, 0.15) is 0 Å². The molecule has 0 heterocycles. The van der Waals surface area contributed by atoms with Gasteiger partial charge in [0.15, 0.2) is 0 Å². The van der Waals surface area contributed by atoms with Crippen LogP contribution in [0.1, 0.15) is 53.4 Å². The van der Waals surface area contributed by atoms with Crippen LogP contribution < -0.4 is 5.73 Å². The summed E-state index contributed by atoms with van der Waals surface area (Å²) in [7, 11) is 0. The molecule has 0 aromatic rings. The lowest BCUT2D eigenvalue weighted by Crippen LogP contribution is -2.51. The van der Waals surface area contributed by atoms with E-state index in [0.29, 0.717) is 5.41 Å². The smallest absolute Gasteiger partial charge is 0.0830 e. The molecule has 2 heteroatoms.